The molecule has 0 aromatic heterocycles. The van der Waals surface area contributed by atoms with Gasteiger partial charge in [-0.15, -0.1) is 0 Å². The quantitative estimate of drug-likeness (QED) is 0.389. The zero-order valence-corrected chi connectivity index (χ0v) is 12.6. The fourth-order valence-electron chi connectivity index (χ4n) is 1.75. The minimum Gasteiger partial charge on any atom is -0.542 e. The summed E-state index contributed by atoms with van der Waals surface area (Å²) in [6, 6.07) is 16.9. The minimum atomic E-state index is -1.35. The standard InChI is InChI=1S/C17H16O4.Li/c1-20-16(17(18)19)11-13-7-9-15(10-8-13)21-12-14-5-3-2-4-6-14;/h2-11H,12H2,1H3,(H,18,19);/q;+1/p-1/b16-11-;. The summed E-state index contributed by atoms with van der Waals surface area (Å²) in [7, 11) is 1.29. The van der Waals surface area contributed by atoms with Crippen LogP contribution in [0.3, 0.4) is 0 Å². The zero-order chi connectivity index (χ0) is 15.1. The number of rotatable bonds is 6. The van der Waals surface area contributed by atoms with Gasteiger partial charge < -0.3 is 19.4 Å². The summed E-state index contributed by atoms with van der Waals surface area (Å²) in [4.78, 5) is 10.7. The first-order valence-electron chi connectivity index (χ1n) is 6.43. The third-order valence-electron chi connectivity index (χ3n) is 2.85. The van der Waals surface area contributed by atoms with E-state index in [0.29, 0.717) is 17.9 Å². The minimum absolute atomic E-state index is 0. The van der Waals surface area contributed by atoms with Crippen LogP contribution >= 0.6 is 0 Å². The van der Waals surface area contributed by atoms with E-state index < -0.39 is 5.97 Å². The molecule has 0 aliphatic heterocycles. The van der Waals surface area contributed by atoms with Crippen molar-refractivity contribution in [3.63, 3.8) is 0 Å². The molecular formula is C17H15LiO4. The summed E-state index contributed by atoms with van der Waals surface area (Å²) in [6.07, 6.45) is 1.40. The summed E-state index contributed by atoms with van der Waals surface area (Å²) in [5.41, 5.74) is 1.78. The summed E-state index contributed by atoms with van der Waals surface area (Å²) in [5, 5.41) is 10.7. The number of ether oxygens (including phenoxy) is 2. The second kappa shape index (κ2) is 8.99. The van der Waals surface area contributed by atoms with E-state index in [2.05, 4.69) is 0 Å². The van der Waals surface area contributed by atoms with Gasteiger partial charge in [0.15, 0.2) is 0 Å². The predicted molar refractivity (Wildman–Crippen MR) is 77.2 cm³/mol. The number of hydrogen-bond donors (Lipinski definition) is 0. The summed E-state index contributed by atoms with van der Waals surface area (Å²) in [5.74, 6) is -0.849. The van der Waals surface area contributed by atoms with Crippen LogP contribution in [0.2, 0.25) is 0 Å². The normalized spacial score (nSPS) is 10.5. The first-order valence-corrected chi connectivity index (χ1v) is 6.43. The van der Waals surface area contributed by atoms with Crippen LogP contribution < -0.4 is 28.7 Å². The van der Waals surface area contributed by atoms with E-state index in [4.69, 9.17) is 9.47 Å². The van der Waals surface area contributed by atoms with Crippen LogP contribution in [0.1, 0.15) is 11.1 Å². The summed E-state index contributed by atoms with van der Waals surface area (Å²) >= 11 is 0. The van der Waals surface area contributed by atoms with Gasteiger partial charge in [0.2, 0.25) is 0 Å². The molecule has 2 aromatic rings. The number of benzene rings is 2. The molecule has 0 heterocycles. The van der Waals surface area contributed by atoms with Crippen molar-refractivity contribution < 1.29 is 38.2 Å². The smallest absolute Gasteiger partial charge is 0.542 e. The maximum Gasteiger partial charge on any atom is 1.00 e. The summed E-state index contributed by atoms with van der Waals surface area (Å²) in [6.45, 7) is 0.485. The average Bonchev–Trinajstić information content (AvgIpc) is 2.52. The molecule has 22 heavy (non-hydrogen) atoms. The second-order valence-corrected chi connectivity index (χ2v) is 4.34. The maximum absolute atomic E-state index is 10.7. The molecule has 108 valence electrons. The fourth-order valence-corrected chi connectivity index (χ4v) is 1.75. The molecule has 0 radical (unpaired) electrons. The zero-order valence-electron chi connectivity index (χ0n) is 12.6. The van der Waals surface area contributed by atoms with Crippen molar-refractivity contribution in [3.8, 4) is 5.75 Å². The molecule has 4 nitrogen and oxygen atoms in total. The van der Waals surface area contributed by atoms with Crippen molar-refractivity contribution in [1.82, 2.24) is 0 Å². The van der Waals surface area contributed by atoms with E-state index in [1.165, 1.54) is 13.2 Å². The van der Waals surface area contributed by atoms with Gasteiger partial charge in [0, 0.05) is 0 Å². The first-order chi connectivity index (χ1) is 10.2. The number of methoxy groups -OCH3 is 1. The molecule has 0 spiro atoms. The van der Waals surface area contributed by atoms with Gasteiger partial charge in [-0.3, -0.25) is 0 Å². The van der Waals surface area contributed by atoms with Gasteiger partial charge in [0.25, 0.3) is 0 Å². The van der Waals surface area contributed by atoms with Crippen LogP contribution in [0.25, 0.3) is 6.08 Å². The first kappa shape index (κ1) is 17.9. The van der Waals surface area contributed by atoms with Crippen molar-refractivity contribution >= 4 is 12.0 Å². The number of hydrogen-bond acceptors (Lipinski definition) is 4. The molecule has 0 bridgehead atoms. The van der Waals surface area contributed by atoms with E-state index in [0.717, 1.165) is 5.56 Å². The molecule has 5 heteroatoms. The van der Waals surface area contributed by atoms with Gasteiger partial charge in [-0.2, -0.15) is 0 Å². The van der Waals surface area contributed by atoms with Gasteiger partial charge in [-0.1, -0.05) is 42.5 Å². The van der Waals surface area contributed by atoms with Crippen molar-refractivity contribution in [2.24, 2.45) is 0 Å². The van der Waals surface area contributed by atoms with Crippen molar-refractivity contribution in [1.29, 1.82) is 0 Å². The molecule has 0 atom stereocenters. The van der Waals surface area contributed by atoms with Crippen LogP contribution in [0.4, 0.5) is 0 Å². The van der Waals surface area contributed by atoms with Crippen molar-refractivity contribution in [2.45, 2.75) is 6.61 Å². The van der Waals surface area contributed by atoms with Crippen LogP contribution in [0.5, 0.6) is 5.75 Å². The Hall–Kier alpha value is -2.15. The third kappa shape index (κ3) is 5.32. The molecule has 0 amide bonds. The molecule has 0 fully saturated rings. The number of carboxylic acid groups (broad SMARTS) is 1. The van der Waals surface area contributed by atoms with E-state index >= 15 is 0 Å². The fraction of sp³-hybridized carbons (Fsp3) is 0.118. The number of carbonyl (C=O) groups excluding carboxylic acids is 1. The second-order valence-electron chi connectivity index (χ2n) is 4.34. The van der Waals surface area contributed by atoms with E-state index in [-0.39, 0.29) is 24.6 Å². The third-order valence-corrected chi connectivity index (χ3v) is 2.85. The van der Waals surface area contributed by atoms with E-state index in [1.54, 1.807) is 24.3 Å². The average molecular weight is 290 g/mol. The molecule has 2 aromatic carbocycles. The predicted octanol–water partition coefficient (Wildman–Crippen LogP) is -0.993. The molecule has 0 saturated carbocycles. The Labute approximate surface area is 141 Å². The molecule has 0 unspecified atom stereocenters. The maximum atomic E-state index is 10.7. The number of carbonyl (C=O) groups is 1. The Morgan fingerprint density at radius 3 is 2.27 bits per heavy atom. The Kier molecular flexibility index (Phi) is 7.31. The van der Waals surface area contributed by atoms with Crippen molar-refractivity contribution in [2.75, 3.05) is 7.11 Å². The van der Waals surface area contributed by atoms with Gasteiger partial charge in [0.05, 0.1) is 7.11 Å². The number of carboxylic acids is 1. The van der Waals surface area contributed by atoms with Crippen LogP contribution in [0.15, 0.2) is 60.4 Å². The monoisotopic (exact) mass is 290 g/mol. The Bertz CT molecular complexity index is 621. The van der Waals surface area contributed by atoms with Gasteiger partial charge in [0.1, 0.15) is 24.1 Å². The SMILES string of the molecule is CO/C(=C\c1ccc(OCc2ccccc2)cc1)C(=O)[O-].[Li+]. The molecule has 2 rings (SSSR count). The van der Waals surface area contributed by atoms with Gasteiger partial charge >= 0.3 is 18.9 Å². The van der Waals surface area contributed by atoms with Crippen LogP contribution in [0, 0.1) is 0 Å². The largest absolute Gasteiger partial charge is 1.00 e. The molecule has 0 aliphatic rings. The Balaban J connectivity index is 0.00000242. The van der Waals surface area contributed by atoms with Crippen molar-refractivity contribution in [3.05, 3.63) is 71.5 Å². The molecule has 0 N–H and O–H groups in total. The van der Waals surface area contributed by atoms with Gasteiger partial charge in [-0.05, 0) is 29.3 Å². The molecule has 0 saturated heterocycles. The van der Waals surface area contributed by atoms with Gasteiger partial charge in [-0.25, -0.2) is 0 Å². The van der Waals surface area contributed by atoms with E-state index in [9.17, 15) is 9.90 Å². The molecular weight excluding hydrogens is 275 g/mol. The number of aliphatic carboxylic acids is 1. The topological polar surface area (TPSA) is 58.6 Å². The van der Waals surface area contributed by atoms with Crippen LogP contribution in [-0.4, -0.2) is 13.1 Å². The Morgan fingerprint density at radius 2 is 1.73 bits per heavy atom. The molecule has 0 aliphatic carbocycles. The Morgan fingerprint density at radius 1 is 1.09 bits per heavy atom. The summed E-state index contributed by atoms with van der Waals surface area (Å²) < 4.78 is 10.4. The van der Waals surface area contributed by atoms with E-state index in [1.807, 2.05) is 30.3 Å². The van der Waals surface area contributed by atoms with Crippen LogP contribution in [-0.2, 0) is 16.1 Å².